The van der Waals surface area contributed by atoms with Gasteiger partial charge in [0.05, 0.1) is 22.4 Å². The summed E-state index contributed by atoms with van der Waals surface area (Å²) in [5.74, 6) is 0.348. The molecule has 0 saturated heterocycles. The molecular weight excluding hydrogens is 404 g/mol. The lowest BCUT2D eigenvalue weighted by Gasteiger charge is -2.06. The molecule has 0 saturated carbocycles. The van der Waals surface area contributed by atoms with Gasteiger partial charge in [-0.1, -0.05) is 36.4 Å². The standard InChI is InChI=1S/C26H20N2O4/c1-17(29)31-25-15-23(27-13-5-3-7-21(25)27)19-9-11-20(12-10-19)24-16-26(32-18(2)30)22-8-4-6-14-28(22)24/h3-16H,1-2H3. The number of pyridine rings is 2. The van der Waals surface area contributed by atoms with Crippen LogP contribution in [-0.4, -0.2) is 20.7 Å². The summed E-state index contributed by atoms with van der Waals surface area (Å²) in [7, 11) is 0. The van der Waals surface area contributed by atoms with Crippen molar-refractivity contribution in [2.24, 2.45) is 0 Å². The van der Waals surface area contributed by atoms with Gasteiger partial charge in [-0.25, -0.2) is 0 Å². The number of rotatable bonds is 4. The second-order valence-corrected chi connectivity index (χ2v) is 7.46. The Kier molecular flexibility index (Phi) is 4.75. The van der Waals surface area contributed by atoms with Crippen molar-refractivity contribution in [3.63, 3.8) is 0 Å². The molecule has 32 heavy (non-hydrogen) atoms. The first-order chi connectivity index (χ1) is 15.5. The summed E-state index contributed by atoms with van der Waals surface area (Å²) < 4.78 is 14.8. The van der Waals surface area contributed by atoms with E-state index in [-0.39, 0.29) is 11.9 Å². The van der Waals surface area contributed by atoms with Gasteiger partial charge in [-0.15, -0.1) is 0 Å². The van der Waals surface area contributed by atoms with E-state index in [2.05, 4.69) is 0 Å². The number of carbonyl (C=O) groups is 2. The maximum Gasteiger partial charge on any atom is 0.308 e. The molecule has 158 valence electrons. The molecule has 5 aromatic rings. The summed E-state index contributed by atoms with van der Waals surface area (Å²) in [5, 5.41) is 0. The van der Waals surface area contributed by atoms with E-state index in [0.717, 1.165) is 33.5 Å². The third kappa shape index (κ3) is 3.41. The molecule has 0 aliphatic rings. The summed E-state index contributed by atoms with van der Waals surface area (Å²) in [6.45, 7) is 2.79. The van der Waals surface area contributed by atoms with Crippen molar-refractivity contribution in [3.05, 3.63) is 85.2 Å². The third-order valence-electron chi connectivity index (χ3n) is 5.26. The lowest BCUT2D eigenvalue weighted by atomic mass is 10.1. The lowest BCUT2D eigenvalue weighted by Crippen LogP contribution is -2.00. The Morgan fingerprint density at radius 3 is 1.41 bits per heavy atom. The van der Waals surface area contributed by atoms with Gasteiger partial charge in [0.1, 0.15) is 0 Å². The zero-order chi connectivity index (χ0) is 22.2. The first-order valence-electron chi connectivity index (χ1n) is 10.2. The van der Waals surface area contributed by atoms with Crippen LogP contribution in [0.25, 0.3) is 33.5 Å². The molecule has 5 rings (SSSR count). The fraction of sp³-hybridized carbons (Fsp3) is 0.0769. The minimum atomic E-state index is -0.355. The van der Waals surface area contributed by atoms with E-state index in [0.29, 0.717) is 11.5 Å². The molecule has 0 atom stereocenters. The number of fused-ring (bicyclic) bond motifs is 2. The van der Waals surface area contributed by atoms with Gasteiger partial charge in [-0.3, -0.25) is 9.59 Å². The first-order valence-corrected chi connectivity index (χ1v) is 10.2. The molecule has 0 aliphatic heterocycles. The fourth-order valence-corrected chi connectivity index (χ4v) is 3.97. The molecule has 0 spiro atoms. The van der Waals surface area contributed by atoms with Crippen LogP contribution in [-0.2, 0) is 9.59 Å². The van der Waals surface area contributed by atoms with Crippen LogP contribution in [0.15, 0.2) is 85.2 Å². The minimum Gasteiger partial charge on any atom is -0.424 e. The Balaban J connectivity index is 1.58. The van der Waals surface area contributed by atoms with Crippen molar-refractivity contribution in [1.82, 2.24) is 8.80 Å². The molecule has 6 nitrogen and oxygen atoms in total. The van der Waals surface area contributed by atoms with Crippen LogP contribution >= 0.6 is 0 Å². The lowest BCUT2D eigenvalue weighted by molar-refractivity contribution is -0.132. The van der Waals surface area contributed by atoms with Crippen molar-refractivity contribution in [2.75, 3.05) is 0 Å². The summed E-state index contributed by atoms with van der Waals surface area (Å²) in [5.41, 5.74) is 5.45. The second-order valence-electron chi connectivity index (χ2n) is 7.46. The summed E-state index contributed by atoms with van der Waals surface area (Å²) in [6, 6.07) is 23.4. The zero-order valence-corrected chi connectivity index (χ0v) is 17.6. The molecule has 0 unspecified atom stereocenters. The van der Waals surface area contributed by atoms with Crippen LogP contribution in [0.1, 0.15) is 13.8 Å². The van der Waals surface area contributed by atoms with Gasteiger partial charge in [0.15, 0.2) is 11.5 Å². The van der Waals surface area contributed by atoms with E-state index < -0.39 is 0 Å². The number of nitrogens with zero attached hydrogens (tertiary/aromatic N) is 2. The predicted molar refractivity (Wildman–Crippen MR) is 122 cm³/mol. The number of hydrogen-bond acceptors (Lipinski definition) is 4. The largest absolute Gasteiger partial charge is 0.424 e. The smallest absolute Gasteiger partial charge is 0.308 e. The number of carbonyl (C=O) groups excluding carboxylic acids is 2. The molecule has 4 aromatic heterocycles. The minimum absolute atomic E-state index is 0.355. The quantitative estimate of drug-likeness (QED) is 0.364. The number of esters is 2. The average Bonchev–Trinajstić information content (AvgIpc) is 3.32. The maximum atomic E-state index is 11.5. The molecule has 4 heterocycles. The fourth-order valence-electron chi connectivity index (χ4n) is 3.97. The van der Waals surface area contributed by atoms with Crippen LogP contribution in [0.5, 0.6) is 11.5 Å². The van der Waals surface area contributed by atoms with E-state index in [1.165, 1.54) is 13.8 Å². The summed E-state index contributed by atoms with van der Waals surface area (Å²) in [4.78, 5) is 23.0. The Morgan fingerprint density at radius 1 is 0.625 bits per heavy atom. The van der Waals surface area contributed by atoms with Gasteiger partial charge >= 0.3 is 11.9 Å². The molecule has 0 fully saturated rings. The SMILES string of the molecule is CC(=O)Oc1cc(-c2ccc(-c3cc(OC(C)=O)c4ccccn34)cc2)n2ccccc12. The van der Waals surface area contributed by atoms with E-state index in [1.54, 1.807) is 0 Å². The monoisotopic (exact) mass is 424 g/mol. The van der Waals surface area contributed by atoms with Crippen LogP contribution in [0, 0.1) is 0 Å². The first kappa shape index (κ1) is 19.6. The Labute approximate surface area is 184 Å². The van der Waals surface area contributed by atoms with Gasteiger partial charge in [0.25, 0.3) is 0 Å². The highest BCUT2D eigenvalue weighted by molar-refractivity contribution is 5.82. The topological polar surface area (TPSA) is 61.4 Å². The third-order valence-corrected chi connectivity index (χ3v) is 5.26. The van der Waals surface area contributed by atoms with Gasteiger partial charge < -0.3 is 18.3 Å². The van der Waals surface area contributed by atoms with E-state index in [1.807, 2.05) is 94.0 Å². The number of aromatic nitrogens is 2. The van der Waals surface area contributed by atoms with E-state index >= 15 is 0 Å². The highest BCUT2D eigenvalue weighted by Crippen LogP contribution is 2.35. The molecule has 1 aromatic carbocycles. The van der Waals surface area contributed by atoms with Crippen molar-refractivity contribution in [1.29, 1.82) is 0 Å². The Morgan fingerprint density at radius 2 is 1.03 bits per heavy atom. The van der Waals surface area contributed by atoms with Crippen LogP contribution in [0.2, 0.25) is 0 Å². The van der Waals surface area contributed by atoms with E-state index in [9.17, 15) is 9.59 Å². The van der Waals surface area contributed by atoms with Gasteiger partial charge in [0.2, 0.25) is 0 Å². The summed E-state index contributed by atoms with van der Waals surface area (Å²) in [6.07, 6.45) is 3.88. The van der Waals surface area contributed by atoms with Crippen LogP contribution in [0.4, 0.5) is 0 Å². The number of ether oxygens (including phenoxy) is 2. The van der Waals surface area contributed by atoms with Crippen molar-refractivity contribution >= 4 is 23.0 Å². The maximum absolute atomic E-state index is 11.5. The Hall–Kier alpha value is -4.32. The highest BCUT2D eigenvalue weighted by Gasteiger charge is 2.15. The summed E-state index contributed by atoms with van der Waals surface area (Å²) >= 11 is 0. The highest BCUT2D eigenvalue weighted by atomic mass is 16.5. The van der Waals surface area contributed by atoms with Crippen molar-refractivity contribution < 1.29 is 19.1 Å². The van der Waals surface area contributed by atoms with Crippen molar-refractivity contribution in [2.45, 2.75) is 13.8 Å². The Bertz CT molecular complexity index is 1360. The van der Waals surface area contributed by atoms with Crippen LogP contribution in [0.3, 0.4) is 0 Å². The van der Waals surface area contributed by atoms with Gasteiger partial charge in [-0.05, 0) is 35.4 Å². The molecule has 6 heteroatoms. The molecule has 0 radical (unpaired) electrons. The normalized spacial score (nSPS) is 11.1. The van der Waals surface area contributed by atoms with Crippen molar-refractivity contribution in [3.8, 4) is 34.0 Å². The predicted octanol–water partition coefficient (Wildman–Crippen LogP) is 5.38. The molecule has 0 amide bonds. The van der Waals surface area contributed by atoms with Gasteiger partial charge in [-0.2, -0.15) is 0 Å². The molecular formula is C26H20N2O4. The number of benzene rings is 1. The molecule has 0 aliphatic carbocycles. The average molecular weight is 424 g/mol. The van der Waals surface area contributed by atoms with Gasteiger partial charge in [0, 0.05) is 38.4 Å². The molecule has 0 bridgehead atoms. The van der Waals surface area contributed by atoms with Crippen LogP contribution < -0.4 is 9.47 Å². The molecule has 0 N–H and O–H groups in total. The second kappa shape index (κ2) is 7.74. The zero-order valence-electron chi connectivity index (χ0n) is 17.6. The van der Waals surface area contributed by atoms with E-state index in [4.69, 9.17) is 9.47 Å². The number of hydrogen-bond donors (Lipinski definition) is 0.